The van der Waals surface area contributed by atoms with E-state index in [4.69, 9.17) is 5.73 Å². The van der Waals surface area contributed by atoms with E-state index in [0.29, 0.717) is 6.54 Å². The highest BCUT2D eigenvalue weighted by atomic mass is 15.2. The van der Waals surface area contributed by atoms with Gasteiger partial charge in [-0.2, -0.15) is 0 Å². The van der Waals surface area contributed by atoms with E-state index < -0.39 is 0 Å². The van der Waals surface area contributed by atoms with Crippen molar-refractivity contribution in [1.29, 1.82) is 0 Å². The highest BCUT2D eigenvalue weighted by Crippen LogP contribution is 2.26. The Morgan fingerprint density at radius 3 is 2.71 bits per heavy atom. The molecule has 1 aliphatic carbocycles. The lowest BCUT2D eigenvalue weighted by molar-refractivity contribution is 0.542. The molecule has 4 heteroatoms. The fourth-order valence-electron chi connectivity index (χ4n) is 2.53. The van der Waals surface area contributed by atoms with Gasteiger partial charge in [-0.1, -0.05) is 12.8 Å². The number of hydrogen-bond donors (Lipinski definition) is 1. The molecule has 1 aromatic rings. The van der Waals surface area contributed by atoms with Crippen molar-refractivity contribution in [2.24, 2.45) is 11.7 Å². The first-order valence-corrected chi connectivity index (χ1v) is 6.44. The highest BCUT2D eigenvalue weighted by molar-refractivity contribution is 5.31. The summed E-state index contributed by atoms with van der Waals surface area (Å²) in [7, 11) is 2.08. The second-order valence-corrected chi connectivity index (χ2v) is 5.02. The van der Waals surface area contributed by atoms with Crippen LogP contribution in [0.4, 0.5) is 5.95 Å². The molecule has 0 bridgehead atoms. The number of aryl methyl sites for hydroxylation is 1. The van der Waals surface area contributed by atoms with E-state index in [1.165, 1.54) is 25.7 Å². The minimum absolute atomic E-state index is 0.512. The molecule has 2 rings (SSSR count). The molecule has 0 saturated heterocycles. The third-order valence-corrected chi connectivity index (χ3v) is 3.64. The van der Waals surface area contributed by atoms with Crippen molar-refractivity contribution in [2.75, 3.05) is 18.5 Å². The molecule has 1 aromatic heterocycles. The first kappa shape index (κ1) is 12.3. The molecule has 17 heavy (non-hydrogen) atoms. The molecule has 0 atom stereocenters. The molecule has 0 unspecified atom stereocenters. The van der Waals surface area contributed by atoms with Gasteiger partial charge in [0.2, 0.25) is 5.95 Å². The average molecular weight is 234 g/mol. The first-order chi connectivity index (χ1) is 8.20. The number of nitrogens with two attached hydrogens (primary N) is 1. The second-order valence-electron chi connectivity index (χ2n) is 5.02. The Kier molecular flexibility index (Phi) is 3.94. The summed E-state index contributed by atoms with van der Waals surface area (Å²) in [4.78, 5) is 11.1. The number of hydrogen-bond acceptors (Lipinski definition) is 4. The Hall–Kier alpha value is -1.16. The molecule has 1 fully saturated rings. The number of anilines is 1. The fraction of sp³-hybridized carbons (Fsp3) is 0.692. The van der Waals surface area contributed by atoms with Crippen LogP contribution in [-0.4, -0.2) is 23.6 Å². The summed E-state index contributed by atoms with van der Waals surface area (Å²) in [5.74, 6) is 1.64. The first-order valence-electron chi connectivity index (χ1n) is 6.44. The number of rotatable bonds is 4. The molecule has 4 nitrogen and oxygen atoms in total. The van der Waals surface area contributed by atoms with Gasteiger partial charge in [0, 0.05) is 37.6 Å². The van der Waals surface area contributed by atoms with Crippen molar-refractivity contribution >= 4 is 5.95 Å². The average Bonchev–Trinajstić information content (AvgIpc) is 2.81. The van der Waals surface area contributed by atoms with Crippen LogP contribution in [0.15, 0.2) is 6.20 Å². The molecular weight excluding hydrogens is 212 g/mol. The van der Waals surface area contributed by atoms with Crippen molar-refractivity contribution < 1.29 is 0 Å². The lowest BCUT2D eigenvalue weighted by atomic mass is 10.1. The van der Waals surface area contributed by atoms with Gasteiger partial charge in [0.1, 0.15) is 0 Å². The van der Waals surface area contributed by atoms with E-state index in [1.807, 2.05) is 13.1 Å². The van der Waals surface area contributed by atoms with E-state index in [0.717, 1.165) is 29.7 Å². The molecular formula is C13H22N4. The third kappa shape index (κ3) is 2.94. The van der Waals surface area contributed by atoms with Crippen molar-refractivity contribution in [1.82, 2.24) is 9.97 Å². The van der Waals surface area contributed by atoms with Crippen molar-refractivity contribution in [3.05, 3.63) is 17.5 Å². The van der Waals surface area contributed by atoms with Crippen LogP contribution < -0.4 is 10.6 Å². The SMILES string of the molecule is Cc1nc(N(C)CC2CCCC2)ncc1CN. The van der Waals surface area contributed by atoms with Gasteiger partial charge in [-0.05, 0) is 25.7 Å². The summed E-state index contributed by atoms with van der Waals surface area (Å²) in [6.45, 7) is 3.58. The van der Waals surface area contributed by atoms with Gasteiger partial charge in [-0.25, -0.2) is 9.97 Å². The minimum atomic E-state index is 0.512. The predicted molar refractivity (Wildman–Crippen MR) is 69.9 cm³/mol. The normalized spacial score (nSPS) is 16.4. The van der Waals surface area contributed by atoms with E-state index in [2.05, 4.69) is 21.9 Å². The van der Waals surface area contributed by atoms with Crippen LogP contribution in [0.5, 0.6) is 0 Å². The Morgan fingerprint density at radius 1 is 1.41 bits per heavy atom. The van der Waals surface area contributed by atoms with Crippen LogP contribution in [0.3, 0.4) is 0 Å². The van der Waals surface area contributed by atoms with E-state index in [1.54, 1.807) is 0 Å². The molecule has 0 radical (unpaired) electrons. The second kappa shape index (κ2) is 5.45. The molecule has 0 spiro atoms. The van der Waals surface area contributed by atoms with Gasteiger partial charge < -0.3 is 10.6 Å². The van der Waals surface area contributed by atoms with E-state index in [9.17, 15) is 0 Å². The standard InChI is InChI=1S/C13H22N4/c1-10-12(7-14)8-15-13(16-10)17(2)9-11-5-3-4-6-11/h8,11H,3-7,9,14H2,1-2H3. The number of nitrogens with zero attached hydrogens (tertiary/aromatic N) is 3. The summed E-state index contributed by atoms with van der Waals surface area (Å²) in [6, 6.07) is 0. The maximum atomic E-state index is 5.62. The maximum Gasteiger partial charge on any atom is 0.225 e. The Labute approximate surface area is 103 Å². The minimum Gasteiger partial charge on any atom is -0.344 e. The van der Waals surface area contributed by atoms with Crippen molar-refractivity contribution in [2.45, 2.75) is 39.2 Å². The molecule has 0 aliphatic heterocycles. The highest BCUT2D eigenvalue weighted by Gasteiger charge is 2.18. The van der Waals surface area contributed by atoms with Crippen LogP contribution in [0.1, 0.15) is 36.9 Å². The molecule has 0 aromatic carbocycles. The number of aromatic nitrogens is 2. The summed E-state index contributed by atoms with van der Waals surface area (Å²) in [6.07, 6.45) is 7.31. The Balaban J connectivity index is 2.02. The van der Waals surface area contributed by atoms with Gasteiger partial charge in [0.15, 0.2) is 0 Å². The van der Waals surface area contributed by atoms with Gasteiger partial charge in [0.25, 0.3) is 0 Å². The summed E-state index contributed by atoms with van der Waals surface area (Å²) < 4.78 is 0. The molecule has 2 N–H and O–H groups in total. The molecule has 0 amide bonds. The van der Waals surface area contributed by atoms with Crippen LogP contribution in [-0.2, 0) is 6.54 Å². The lowest BCUT2D eigenvalue weighted by Crippen LogP contribution is -2.26. The van der Waals surface area contributed by atoms with Crippen LogP contribution in [0.25, 0.3) is 0 Å². The maximum absolute atomic E-state index is 5.62. The van der Waals surface area contributed by atoms with Gasteiger partial charge in [0.05, 0.1) is 0 Å². The summed E-state index contributed by atoms with van der Waals surface area (Å²) >= 11 is 0. The zero-order valence-corrected chi connectivity index (χ0v) is 10.8. The van der Waals surface area contributed by atoms with E-state index in [-0.39, 0.29) is 0 Å². The zero-order valence-electron chi connectivity index (χ0n) is 10.8. The Bertz CT molecular complexity index is 372. The van der Waals surface area contributed by atoms with Crippen molar-refractivity contribution in [3.63, 3.8) is 0 Å². The van der Waals surface area contributed by atoms with Gasteiger partial charge in [-0.3, -0.25) is 0 Å². The molecule has 1 heterocycles. The van der Waals surface area contributed by atoms with Crippen LogP contribution >= 0.6 is 0 Å². The van der Waals surface area contributed by atoms with Crippen LogP contribution in [0.2, 0.25) is 0 Å². The van der Waals surface area contributed by atoms with Gasteiger partial charge >= 0.3 is 0 Å². The molecule has 1 saturated carbocycles. The topological polar surface area (TPSA) is 55.0 Å². The summed E-state index contributed by atoms with van der Waals surface area (Å²) in [5, 5.41) is 0. The monoisotopic (exact) mass is 234 g/mol. The largest absolute Gasteiger partial charge is 0.344 e. The van der Waals surface area contributed by atoms with Gasteiger partial charge in [-0.15, -0.1) is 0 Å². The van der Waals surface area contributed by atoms with Crippen LogP contribution in [0, 0.1) is 12.8 Å². The Morgan fingerprint density at radius 2 is 2.12 bits per heavy atom. The predicted octanol–water partition coefficient (Wildman–Crippen LogP) is 1.87. The molecule has 1 aliphatic rings. The quantitative estimate of drug-likeness (QED) is 0.864. The molecule has 94 valence electrons. The summed E-state index contributed by atoms with van der Waals surface area (Å²) in [5.41, 5.74) is 7.64. The smallest absolute Gasteiger partial charge is 0.225 e. The lowest BCUT2D eigenvalue weighted by Gasteiger charge is -2.21. The zero-order chi connectivity index (χ0) is 12.3. The van der Waals surface area contributed by atoms with Crippen molar-refractivity contribution in [3.8, 4) is 0 Å². The fourth-order valence-corrected chi connectivity index (χ4v) is 2.53. The van der Waals surface area contributed by atoms with E-state index >= 15 is 0 Å². The third-order valence-electron chi connectivity index (χ3n) is 3.64.